The molecular formula is C15H14FN3OS2. The van der Waals surface area contributed by atoms with Gasteiger partial charge in [0.1, 0.15) is 5.82 Å². The van der Waals surface area contributed by atoms with Crippen molar-refractivity contribution in [2.45, 2.75) is 19.3 Å². The van der Waals surface area contributed by atoms with Gasteiger partial charge >= 0.3 is 0 Å². The number of hydrazine groups is 1. The van der Waals surface area contributed by atoms with Gasteiger partial charge in [0.15, 0.2) is 5.11 Å². The Kier molecular flexibility index (Phi) is 4.35. The maximum Gasteiger partial charge on any atom is 0.279 e. The van der Waals surface area contributed by atoms with E-state index in [0.717, 1.165) is 12.8 Å². The third-order valence-electron chi connectivity index (χ3n) is 3.36. The van der Waals surface area contributed by atoms with Crippen molar-refractivity contribution in [1.82, 2.24) is 10.9 Å². The molecule has 1 aromatic heterocycles. The number of carbonyl (C=O) groups excluding carboxylic acids is 1. The summed E-state index contributed by atoms with van der Waals surface area (Å²) in [4.78, 5) is 14.0. The van der Waals surface area contributed by atoms with Gasteiger partial charge in [-0.2, -0.15) is 0 Å². The van der Waals surface area contributed by atoms with Crippen molar-refractivity contribution in [1.29, 1.82) is 0 Å². The minimum absolute atomic E-state index is 0.206. The van der Waals surface area contributed by atoms with Crippen LogP contribution in [0.25, 0.3) is 0 Å². The van der Waals surface area contributed by atoms with Crippen LogP contribution in [-0.2, 0) is 12.8 Å². The van der Waals surface area contributed by atoms with E-state index in [9.17, 15) is 9.18 Å². The normalized spacial score (nSPS) is 12.6. The van der Waals surface area contributed by atoms with E-state index in [2.05, 4.69) is 16.2 Å². The molecule has 7 heteroatoms. The first-order valence-corrected chi connectivity index (χ1v) is 8.09. The number of hydrogen-bond acceptors (Lipinski definition) is 3. The molecule has 4 nitrogen and oxygen atoms in total. The van der Waals surface area contributed by atoms with Gasteiger partial charge in [0.2, 0.25) is 0 Å². The molecule has 0 spiro atoms. The molecule has 22 heavy (non-hydrogen) atoms. The molecular weight excluding hydrogens is 321 g/mol. The van der Waals surface area contributed by atoms with Gasteiger partial charge in [0.25, 0.3) is 5.91 Å². The number of carbonyl (C=O) groups is 1. The van der Waals surface area contributed by atoms with Crippen molar-refractivity contribution in [3.05, 3.63) is 51.5 Å². The quantitative estimate of drug-likeness (QED) is 0.583. The summed E-state index contributed by atoms with van der Waals surface area (Å²) in [7, 11) is 0. The van der Waals surface area contributed by atoms with Gasteiger partial charge in [-0.25, -0.2) is 4.39 Å². The maximum atomic E-state index is 12.8. The van der Waals surface area contributed by atoms with Gasteiger partial charge < -0.3 is 5.32 Å². The maximum absolute atomic E-state index is 12.8. The molecule has 2 aromatic rings. The monoisotopic (exact) mass is 335 g/mol. The summed E-state index contributed by atoms with van der Waals surface area (Å²) in [5.74, 6) is -0.522. The molecule has 0 radical (unpaired) electrons. The first-order valence-electron chi connectivity index (χ1n) is 6.86. The molecule has 0 aliphatic heterocycles. The third-order valence-corrected chi connectivity index (χ3v) is 4.80. The summed E-state index contributed by atoms with van der Waals surface area (Å²) in [5.41, 5.74) is 7.13. The van der Waals surface area contributed by atoms with Gasteiger partial charge in [0, 0.05) is 10.6 Å². The molecule has 0 saturated heterocycles. The lowest BCUT2D eigenvalue weighted by Crippen LogP contribution is -2.43. The number of halogens is 1. The first kappa shape index (κ1) is 14.9. The van der Waals surface area contributed by atoms with E-state index in [0.29, 0.717) is 10.6 Å². The SMILES string of the molecule is O=C(NNC(=S)Nc1ccc(F)cc1)c1cc2c(s1)CCC2. The Labute approximate surface area is 136 Å². The molecule has 0 atom stereocenters. The van der Waals surface area contributed by atoms with Gasteiger partial charge in [-0.05, 0) is 67.4 Å². The molecule has 1 aliphatic carbocycles. The lowest BCUT2D eigenvalue weighted by Gasteiger charge is -2.11. The zero-order chi connectivity index (χ0) is 15.5. The van der Waals surface area contributed by atoms with Gasteiger partial charge in [-0.3, -0.25) is 15.6 Å². The van der Waals surface area contributed by atoms with Crippen LogP contribution in [0, 0.1) is 5.82 Å². The van der Waals surface area contributed by atoms with Crippen LogP contribution in [0.15, 0.2) is 30.3 Å². The molecule has 1 aliphatic rings. The number of rotatable bonds is 2. The summed E-state index contributed by atoms with van der Waals surface area (Å²) in [5, 5.41) is 3.10. The highest BCUT2D eigenvalue weighted by atomic mass is 32.1. The second-order valence-electron chi connectivity index (χ2n) is 4.95. The van der Waals surface area contributed by atoms with Crippen LogP contribution >= 0.6 is 23.6 Å². The van der Waals surface area contributed by atoms with Crippen molar-refractivity contribution in [2.75, 3.05) is 5.32 Å². The van der Waals surface area contributed by atoms with Crippen LogP contribution in [-0.4, -0.2) is 11.0 Å². The molecule has 1 amide bonds. The van der Waals surface area contributed by atoms with Crippen LogP contribution in [0.1, 0.15) is 26.5 Å². The largest absolute Gasteiger partial charge is 0.331 e. The average molecular weight is 335 g/mol. The summed E-state index contributed by atoms with van der Waals surface area (Å²) < 4.78 is 12.8. The number of benzene rings is 1. The zero-order valence-corrected chi connectivity index (χ0v) is 13.2. The van der Waals surface area contributed by atoms with Gasteiger partial charge in [0.05, 0.1) is 4.88 Å². The topological polar surface area (TPSA) is 53.2 Å². The molecule has 114 valence electrons. The number of amides is 1. The highest BCUT2D eigenvalue weighted by Gasteiger charge is 2.18. The number of aryl methyl sites for hydroxylation is 2. The van der Waals surface area contributed by atoms with E-state index in [1.54, 1.807) is 12.1 Å². The van der Waals surface area contributed by atoms with Gasteiger partial charge in [-0.1, -0.05) is 0 Å². The summed E-state index contributed by atoms with van der Waals surface area (Å²) in [6.07, 6.45) is 3.29. The molecule has 3 rings (SSSR count). The average Bonchev–Trinajstić information content (AvgIpc) is 3.08. The van der Waals surface area contributed by atoms with E-state index in [1.165, 1.54) is 40.3 Å². The summed E-state index contributed by atoms with van der Waals surface area (Å²) >= 11 is 6.60. The fourth-order valence-electron chi connectivity index (χ4n) is 2.31. The fourth-order valence-corrected chi connectivity index (χ4v) is 3.63. The highest BCUT2D eigenvalue weighted by molar-refractivity contribution is 7.80. The Morgan fingerprint density at radius 2 is 1.95 bits per heavy atom. The number of hydrogen-bond donors (Lipinski definition) is 3. The lowest BCUT2D eigenvalue weighted by atomic mass is 10.2. The van der Waals surface area contributed by atoms with Crippen molar-refractivity contribution < 1.29 is 9.18 Å². The molecule has 1 aromatic carbocycles. The molecule has 0 saturated carbocycles. The van der Waals surface area contributed by atoms with E-state index in [4.69, 9.17) is 12.2 Å². The second-order valence-corrected chi connectivity index (χ2v) is 6.50. The fraction of sp³-hybridized carbons (Fsp3) is 0.200. The van der Waals surface area contributed by atoms with Crippen molar-refractivity contribution in [2.24, 2.45) is 0 Å². The number of thiocarbonyl (C=S) groups is 1. The number of thiophene rings is 1. The standard InChI is InChI=1S/C15H14FN3OS2/c16-10-4-6-11(7-5-10)17-15(21)19-18-14(20)13-8-9-2-1-3-12(9)22-13/h4-8H,1-3H2,(H,18,20)(H2,17,19,21). The molecule has 3 N–H and O–H groups in total. The predicted molar refractivity (Wildman–Crippen MR) is 89.6 cm³/mol. The van der Waals surface area contributed by atoms with Crippen LogP contribution in [0.3, 0.4) is 0 Å². The Bertz CT molecular complexity index is 691. The Morgan fingerprint density at radius 1 is 1.18 bits per heavy atom. The molecule has 1 heterocycles. The van der Waals surface area contributed by atoms with E-state index in [1.807, 2.05) is 6.07 Å². The lowest BCUT2D eigenvalue weighted by molar-refractivity contribution is 0.0948. The van der Waals surface area contributed by atoms with E-state index >= 15 is 0 Å². The van der Waals surface area contributed by atoms with E-state index in [-0.39, 0.29) is 16.8 Å². The third kappa shape index (κ3) is 3.42. The van der Waals surface area contributed by atoms with Crippen LogP contribution in [0.2, 0.25) is 0 Å². The Hall–Kier alpha value is -1.99. The Morgan fingerprint density at radius 3 is 2.68 bits per heavy atom. The minimum atomic E-state index is -0.316. The number of nitrogens with one attached hydrogen (secondary N) is 3. The van der Waals surface area contributed by atoms with Crippen LogP contribution in [0.4, 0.5) is 10.1 Å². The van der Waals surface area contributed by atoms with Crippen LogP contribution in [0.5, 0.6) is 0 Å². The van der Waals surface area contributed by atoms with E-state index < -0.39 is 0 Å². The Balaban J connectivity index is 1.51. The second kappa shape index (κ2) is 6.41. The number of anilines is 1. The highest BCUT2D eigenvalue weighted by Crippen LogP contribution is 2.30. The summed E-state index contributed by atoms with van der Waals surface area (Å²) in [6, 6.07) is 7.73. The van der Waals surface area contributed by atoms with Crippen LogP contribution < -0.4 is 16.2 Å². The molecule has 0 fully saturated rings. The number of fused-ring (bicyclic) bond motifs is 1. The zero-order valence-electron chi connectivity index (χ0n) is 11.6. The predicted octanol–water partition coefficient (Wildman–Crippen LogP) is 3.01. The first-order chi connectivity index (χ1) is 10.6. The van der Waals surface area contributed by atoms with Crippen molar-refractivity contribution in [3.8, 4) is 0 Å². The molecule has 0 unspecified atom stereocenters. The summed E-state index contributed by atoms with van der Waals surface area (Å²) in [6.45, 7) is 0. The minimum Gasteiger partial charge on any atom is -0.331 e. The smallest absolute Gasteiger partial charge is 0.279 e. The van der Waals surface area contributed by atoms with Gasteiger partial charge in [-0.15, -0.1) is 11.3 Å². The molecule has 0 bridgehead atoms. The van der Waals surface area contributed by atoms with Crippen molar-refractivity contribution in [3.63, 3.8) is 0 Å². The van der Waals surface area contributed by atoms with Crippen molar-refractivity contribution >= 4 is 40.3 Å².